The van der Waals surface area contributed by atoms with Gasteiger partial charge in [-0.3, -0.25) is 9.69 Å². The summed E-state index contributed by atoms with van der Waals surface area (Å²) in [7, 11) is 1.69. The van der Waals surface area contributed by atoms with E-state index < -0.39 is 0 Å². The number of benzene rings is 1. The van der Waals surface area contributed by atoms with Gasteiger partial charge in [0.05, 0.1) is 12.0 Å². The fourth-order valence-corrected chi connectivity index (χ4v) is 3.80. The first kappa shape index (κ1) is 17.8. The molecule has 0 atom stereocenters. The molecule has 1 N–H and O–H groups in total. The number of ether oxygens (including phenoxy) is 1. The normalized spacial score (nSPS) is 15.2. The van der Waals surface area contributed by atoms with Crippen LogP contribution in [0.1, 0.15) is 15.2 Å². The summed E-state index contributed by atoms with van der Waals surface area (Å²) in [6, 6.07) is 10.2. The molecular weight excluding hydrogens is 334 g/mol. The highest BCUT2D eigenvalue weighted by atomic mass is 32.1. The molecule has 0 saturated carbocycles. The largest absolute Gasteiger partial charge is 0.497 e. The van der Waals surface area contributed by atoms with E-state index in [0.29, 0.717) is 6.54 Å². The second kappa shape index (κ2) is 8.36. The average molecular weight is 359 g/mol. The predicted octanol–water partition coefficient (Wildman–Crippen LogP) is 2.62. The van der Waals surface area contributed by atoms with Crippen LogP contribution in [0.2, 0.25) is 0 Å². The van der Waals surface area contributed by atoms with Gasteiger partial charge in [-0.15, -0.1) is 11.3 Å². The van der Waals surface area contributed by atoms with Gasteiger partial charge < -0.3 is 15.0 Å². The number of amides is 1. The molecule has 25 heavy (non-hydrogen) atoms. The molecule has 1 aromatic heterocycles. The van der Waals surface area contributed by atoms with Gasteiger partial charge in [-0.2, -0.15) is 0 Å². The van der Waals surface area contributed by atoms with Crippen molar-refractivity contribution in [3.05, 3.63) is 46.2 Å². The zero-order chi connectivity index (χ0) is 17.6. The van der Waals surface area contributed by atoms with E-state index in [9.17, 15) is 4.79 Å². The molecule has 1 aliphatic rings. The number of rotatable bonds is 6. The lowest BCUT2D eigenvalue weighted by molar-refractivity contribution is 0.0952. The summed E-state index contributed by atoms with van der Waals surface area (Å²) in [4.78, 5) is 17.6. The van der Waals surface area contributed by atoms with Gasteiger partial charge in [0.15, 0.2) is 0 Å². The Morgan fingerprint density at radius 1 is 1.20 bits per heavy atom. The minimum absolute atomic E-state index is 0.0370. The van der Waals surface area contributed by atoms with Gasteiger partial charge >= 0.3 is 0 Å². The van der Waals surface area contributed by atoms with Gasteiger partial charge in [-0.1, -0.05) is 0 Å². The van der Waals surface area contributed by atoms with Crippen molar-refractivity contribution in [3.8, 4) is 5.75 Å². The number of carbonyl (C=O) groups is 1. The summed E-state index contributed by atoms with van der Waals surface area (Å²) in [6.07, 6.45) is 0. The third-order valence-corrected chi connectivity index (χ3v) is 5.52. The smallest absolute Gasteiger partial charge is 0.261 e. The highest BCUT2D eigenvalue weighted by Gasteiger charge is 2.17. The lowest BCUT2D eigenvalue weighted by Crippen LogP contribution is -2.48. The summed E-state index contributed by atoms with van der Waals surface area (Å²) in [5, 5.41) is 5.02. The van der Waals surface area contributed by atoms with E-state index >= 15 is 0 Å². The Labute approximate surface area is 153 Å². The van der Waals surface area contributed by atoms with Crippen LogP contribution in [-0.2, 0) is 0 Å². The zero-order valence-corrected chi connectivity index (χ0v) is 15.6. The lowest BCUT2D eigenvalue weighted by Gasteiger charge is -2.36. The number of aryl methyl sites for hydroxylation is 1. The second-order valence-corrected chi connectivity index (χ2v) is 7.18. The fraction of sp³-hybridized carbons (Fsp3) is 0.421. The van der Waals surface area contributed by atoms with Crippen molar-refractivity contribution >= 4 is 22.9 Å². The van der Waals surface area contributed by atoms with Crippen molar-refractivity contribution in [2.45, 2.75) is 6.92 Å². The third-order valence-electron chi connectivity index (χ3n) is 4.48. The van der Waals surface area contributed by atoms with Gasteiger partial charge in [-0.25, -0.2) is 0 Å². The van der Waals surface area contributed by atoms with E-state index in [1.165, 1.54) is 17.0 Å². The first-order chi connectivity index (χ1) is 12.2. The van der Waals surface area contributed by atoms with E-state index in [1.54, 1.807) is 7.11 Å². The van der Waals surface area contributed by atoms with Crippen LogP contribution in [0.4, 0.5) is 5.69 Å². The molecule has 0 bridgehead atoms. The second-order valence-electron chi connectivity index (χ2n) is 6.27. The molecule has 5 nitrogen and oxygen atoms in total. The Balaban J connectivity index is 1.39. The van der Waals surface area contributed by atoms with Crippen molar-refractivity contribution in [1.82, 2.24) is 10.2 Å². The number of nitrogens with zero attached hydrogens (tertiary/aromatic N) is 2. The van der Waals surface area contributed by atoms with Crippen LogP contribution in [-0.4, -0.2) is 57.2 Å². The summed E-state index contributed by atoms with van der Waals surface area (Å²) in [5.74, 6) is 0.925. The Hall–Kier alpha value is -2.05. The van der Waals surface area contributed by atoms with E-state index in [2.05, 4.69) is 27.2 Å². The number of hydrogen-bond donors (Lipinski definition) is 1. The number of hydrogen-bond acceptors (Lipinski definition) is 5. The fourth-order valence-electron chi connectivity index (χ4n) is 2.99. The maximum atomic E-state index is 12.1. The minimum atomic E-state index is 0.0370. The first-order valence-electron chi connectivity index (χ1n) is 8.60. The van der Waals surface area contributed by atoms with Crippen LogP contribution in [0, 0.1) is 6.92 Å². The molecule has 0 unspecified atom stereocenters. The number of nitrogens with one attached hydrogen (secondary N) is 1. The van der Waals surface area contributed by atoms with Crippen molar-refractivity contribution in [3.63, 3.8) is 0 Å². The molecule has 1 aliphatic heterocycles. The first-order valence-corrected chi connectivity index (χ1v) is 9.48. The number of anilines is 1. The van der Waals surface area contributed by atoms with Gasteiger partial charge in [-0.05, 0) is 48.2 Å². The highest BCUT2D eigenvalue weighted by Crippen LogP contribution is 2.20. The maximum absolute atomic E-state index is 12.1. The molecule has 1 amide bonds. The number of thiophene rings is 1. The molecule has 0 aliphatic carbocycles. The van der Waals surface area contributed by atoms with Crippen LogP contribution in [0.3, 0.4) is 0 Å². The summed E-state index contributed by atoms with van der Waals surface area (Å²) < 4.78 is 5.21. The Morgan fingerprint density at radius 3 is 2.52 bits per heavy atom. The molecule has 0 radical (unpaired) electrons. The van der Waals surface area contributed by atoms with Crippen molar-refractivity contribution in [1.29, 1.82) is 0 Å². The molecule has 2 aromatic rings. The molecule has 134 valence electrons. The zero-order valence-electron chi connectivity index (χ0n) is 14.8. The van der Waals surface area contributed by atoms with Crippen LogP contribution >= 0.6 is 11.3 Å². The van der Waals surface area contributed by atoms with Crippen LogP contribution in [0.25, 0.3) is 0 Å². The average Bonchev–Trinajstić information content (AvgIpc) is 3.09. The molecule has 1 aromatic carbocycles. The van der Waals surface area contributed by atoms with Crippen molar-refractivity contribution < 1.29 is 9.53 Å². The van der Waals surface area contributed by atoms with Crippen LogP contribution in [0.15, 0.2) is 35.7 Å². The molecule has 1 saturated heterocycles. The number of methoxy groups -OCH3 is 1. The molecule has 0 spiro atoms. The predicted molar refractivity (Wildman–Crippen MR) is 103 cm³/mol. The molecule has 3 rings (SSSR count). The minimum Gasteiger partial charge on any atom is -0.497 e. The number of piperazine rings is 1. The Bertz CT molecular complexity index is 691. The topological polar surface area (TPSA) is 44.8 Å². The van der Waals surface area contributed by atoms with E-state index in [0.717, 1.165) is 48.9 Å². The Kier molecular flexibility index (Phi) is 5.94. The molecular formula is C19H25N3O2S. The molecule has 2 heterocycles. The van der Waals surface area contributed by atoms with Crippen LogP contribution < -0.4 is 15.0 Å². The summed E-state index contributed by atoms with van der Waals surface area (Å²) >= 11 is 1.50. The summed E-state index contributed by atoms with van der Waals surface area (Å²) in [5.41, 5.74) is 2.38. The van der Waals surface area contributed by atoms with Gasteiger partial charge in [0, 0.05) is 45.0 Å². The van der Waals surface area contributed by atoms with Gasteiger partial charge in [0.25, 0.3) is 5.91 Å². The van der Waals surface area contributed by atoms with E-state index in [1.807, 2.05) is 30.5 Å². The van der Waals surface area contributed by atoms with Gasteiger partial charge in [0.1, 0.15) is 5.75 Å². The quantitative estimate of drug-likeness (QED) is 0.861. The monoisotopic (exact) mass is 359 g/mol. The van der Waals surface area contributed by atoms with Gasteiger partial charge in [0.2, 0.25) is 0 Å². The molecule has 6 heteroatoms. The lowest BCUT2D eigenvalue weighted by atomic mass is 10.2. The maximum Gasteiger partial charge on any atom is 0.261 e. The van der Waals surface area contributed by atoms with Crippen molar-refractivity contribution in [2.75, 3.05) is 51.3 Å². The van der Waals surface area contributed by atoms with Crippen molar-refractivity contribution in [2.24, 2.45) is 0 Å². The standard InChI is InChI=1S/C19H25N3O2S/c1-15-13-18(25-14-15)19(23)20-7-8-21-9-11-22(12-10-21)16-3-5-17(24-2)6-4-16/h3-6,13-14H,7-12H2,1-2H3,(H,20,23). The SMILES string of the molecule is COc1ccc(N2CCN(CCNC(=O)c3cc(C)cs3)CC2)cc1. The Morgan fingerprint density at radius 2 is 1.92 bits per heavy atom. The summed E-state index contributed by atoms with van der Waals surface area (Å²) in [6.45, 7) is 7.63. The van der Waals surface area contributed by atoms with E-state index in [-0.39, 0.29) is 5.91 Å². The highest BCUT2D eigenvalue weighted by molar-refractivity contribution is 7.12. The van der Waals surface area contributed by atoms with E-state index in [4.69, 9.17) is 4.74 Å². The molecule has 1 fully saturated rings. The third kappa shape index (κ3) is 4.74. The number of carbonyl (C=O) groups excluding carboxylic acids is 1. The van der Waals surface area contributed by atoms with Crippen LogP contribution in [0.5, 0.6) is 5.75 Å².